The van der Waals surface area contributed by atoms with Crippen molar-refractivity contribution in [3.8, 4) is 0 Å². The number of thioether (sulfide) groups is 1. The van der Waals surface area contributed by atoms with Crippen molar-refractivity contribution >= 4 is 46.0 Å². The van der Waals surface area contributed by atoms with E-state index in [9.17, 15) is 45.8 Å². The molecule has 1 aromatic heterocycles. The summed E-state index contributed by atoms with van der Waals surface area (Å²) >= 11 is 0.682. The van der Waals surface area contributed by atoms with Crippen LogP contribution in [0.15, 0.2) is 47.5 Å². The lowest BCUT2D eigenvalue weighted by atomic mass is 9.74. The predicted molar refractivity (Wildman–Crippen MR) is 147 cm³/mol. The van der Waals surface area contributed by atoms with E-state index in [4.69, 9.17) is 0 Å². The van der Waals surface area contributed by atoms with Crippen LogP contribution in [0.5, 0.6) is 0 Å². The van der Waals surface area contributed by atoms with E-state index in [2.05, 4.69) is 10.4 Å². The van der Waals surface area contributed by atoms with Gasteiger partial charge in [-0.2, -0.15) is 31.4 Å². The first-order valence-electron chi connectivity index (χ1n) is 12.7. The third-order valence-corrected chi connectivity index (χ3v) is 8.32. The number of carbonyl (C=O) groups excluding carboxylic acids is 2. The van der Waals surface area contributed by atoms with Gasteiger partial charge in [0.25, 0.3) is 11.1 Å². The van der Waals surface area contributed by atoms with Crippen LogP contribution in [-0.2, 0) is 23.7 Å². The van der Waals surface area contributed by atoms with E-state index in [1.54, 1.807) is 39.8 Å². The lowest BCUT2D eigenvalue weighted by Gasteiger charge is -2.43. The normalized spacial score (nSPS) is 17.2. The zero-order valence-corrected chi connectivity index (χ0v) is 24.0. The Morgan fingerprint density at radius 3 is 2.26 bits per heavy atom. The highest BCUT2D eigenvalue weighted by Crippen LogP contribution is 2.39. The Hall–Kier alpha value is -4.01. The van der Waals surface area contributed by atoms with Gasteiger partial charge in [0.1, 0.15) is 0 Å². The van der Waals surface area contributed by atoms with Crippen LogP contribution in [0.4, 0.5) is 35.9 Å². The second kappa shape index (κ2) is 10.9. The molecular formula is C28H26F6N4O4S. The quantitative estimate of drug-likeness (QED) is 0.221. The highest BCUT2D eigenvalue weighted by molar-refractivity contribution is 8.18. The van der Waals surface area contributed by atoms with Gasteiger partial charge in [-0.15, -0.1) is 0 Å². The molecule has 0 unspecified atom stereocenters. The molecule has 0 radical (unpaired) electrons. The first-order valence-corrected chi connectivity index (χ1v) is 13.5. The third kappa shape index (κ3) is 6.65. The SMILES string of the molecule is CC(C)(C)[C@@](C)(CN1C(=O)SC(=Cc2ccc3c(cnn3Cc3ccc(C(F)(F)F)cc3C(F)(F)F)c2)C1=O)NC(=O)O. The van der Waals surface area contributed by atoms with Crippen molar-refractivity contribution in [3.63, 3.8) is 0 Å². The molecule has 1 aliphatic heterocycles. The average molecular weight is 629 g/mol. The number of hydrogen-bond acceptors (Lipinski definition) is 5. The molecule has 43 heavy (non-hydrogen) atoms. The number of imide groups is 1. The van der Waals surface area contributed by atoms with Gasteiger partial charge in [-0.1, -0.05) is 32.9 Å². The molecular weight excluding hydrogens is 602 g/mol. The molecule has 0 bridgehead atoms. The van der Waals surface area contributed by atoms with E-state index in [1.807, 2.05) is 0 Å². The smallest absolute Gasteiger partial charge is 0.416 e. The van der Waals surface area contributed by atoms with E-state index in [-0.39, 0.29) is 17.5 Å². The minimum absolute atomic E-state index is 0.0774. The summed E-state index contributed by atoms with van der Waals surface area (Å²) in [6.07, 6.45) is -8.45. The second-order valence-corrected chi connectivity index (χ2v) is 12.3. The van der Waals surface area contributed by atoms with E-state index in [0.29, 0.717) is 34.3 Å². The Morgan fingerprint density at radius 1 is 1.00 bits per heavy atom. The van der Waals surface area contributed by atoms with E-state index >= 15 is 0 Å². The predicted octanol–water partition coefficient (Wildman–Crippen LogP) is 7.23. The molecule has 3 aromatic rings. The summed E-state index contributed by atoms with van der Waals surface area (Å²) < 4.78 is 81.1. The van der Waals surface area contributed by atoms with Crippen LogP contribution in [0.3, 0.4) is 0 Å². The van der Waals surface area contributed by atoms with Crippen LogP contribution in [0.2, 0.25) is 0 Å². The minimum atomic E-state index is -5.02. The lowest BCUT2D eigenvalue weighted by Crippen LogP contribution is -2.61. The van der Waals surface area contributed by atoms with Gasteiger partial charge in [-0.25, -0.2) is 4.79 Å². The number of fused-ring (bicyclic) bond motifs is 1. The zero-order valence-electron chi connectivity index (χ0n) is 23.2. The fourth-order valence-corrected chi connectivity index (χ4v) is 5.28. The first-order chi connectivity index (χ1) is 19.7. The molecule has 0 aliphatic carbocycles. The first kappa shape index (κ1) is 31.9. The van der Waals surface area contributed by atoms with E-state index in [1.165, 1.54) is 23.0 Å². The number of amides is 3. The van der Waals surface area contributed by atoms with Crippen LogP contribution in [0, 0.1) is 5.41 Å². The summed E-state index contributed by atoms with van der Waals surface area (Å²) in [5.74, 6) is -0.615. The highest BCUT2D eigenvalue weighted by atomic mass is 32.2. The topological polar surface area (TPSA) is 105 Å². The van der Waals surface area contributed by atoms with Gasteiger partial charge in [0, 0.05) is 5.39 Å². The van der Waals surface area contributed by atoms with Crippen molar-refractivity contribution < 1.29 is 45.8 Å². The molecule has 15 heteroatoms. The number of halogens is 6. The number of hydrogen-bond donors (Lipinski definition) is 2. The molecule has 1 aliphatic rings. The number of aromatic nitrogens is 2. The Labute approximate surface area is 245 Å². The van der Waals surface area contributed by atoms with Crippen LogP contribution in [0.25, 0.3) is 17.0 Å². The van der Waals surface area contributed by atoms with Crippen LogP contribution < -0.4 is 5.32 Å². The summed E-state index contributed by atoms with van der Waals surface area (Å²) in [5, 5.41) is 15.7. The van der Waals surface area contributed by atoms with Crippen molar-refractivity contribution in [2.45, 2.75) is 52.1 Å². The van der Waals surface area contributed by atoms with Crippen LogP contribution in [-0.4, -0.2) is 49.1 Å². The Balaban J connectivity index is 1.60. The maximum Gasteiger partial charge on any atom is 0.416 e. The van der Waals surface area contributed by atoms with E-state index in [0.717, 1.165) is 11.0 Å². The summed E-state index contributed by atoms with van der Waals surface area (Å²) in [6.45, 7) is 6.26. The summed E-state index contributed by atoms with van der Waals surface area (Å²) in [7, 11) is 0. The molecule has 3 amide bonds. The number of alkyl halides is 6. The molecule has 4 rings (SSSR count). The number of nitrogens with one attached hydrogen (secondary N) is 1. The van der Waals surface area contributed by atoms with Gasteiger partial charge in [-0.05, 0) is 65.6 Å². The number of benzene rings is 2. The van der Waals surface area contributed by atoms with Crippen LogP contribution >= 0.6 is 11.8 Å². The van der Waals surface area contributed by atoms with Gasteiger partial charge in [0.05, 0.1) is 46.4 Å². The van der Waals surface area contributed by atoms with Gasteiger partial charge >= 0.3 is 18.4 Å². The molecule has 2 heterocycles. The molecule has 8 nitrogen and oxygen atoms in total. The highest BCUT2D eigenvalue weighted by Gasteiger charge is 2.46. The number of rotatable bonds is 6. The molecule has 0 saturated carbocycles. The largest absolute Gasteiger partial charge is 0.465 e. The summed E-state index contributed by atoms with van der Waals surface area (Å²) in [5.41, 5.74) is -4.18. The van der Waals surface area contributed by atoms with Crippen molar-refractivity contribution in [1.82, 2.24) is 20.0 Å². The molecule has 2 N–H and O–H groups in total. The Bertz CT molecular complexity index is 1640. The Morgan fingerprint density at radius 2 is 1.67 bits per heavy atom. The number of carbonyl (C=O) groups is 3. The fraction of sp³-hybridized carbons (Fsp3) is 0.357. The molecule has 1 fully saturated rings. The van der Waals surface area contributed by atoms with E-state index < -0.39 is 63.8 Å². The summed E-state index contributed by atoms with van der Waals surface area (Å²) in [4.78, 5) is 38.3. The van der Waals surface area contributed by atoms with Crippen molar-refractivity contribution in [2.75, 3.05) is 6.54 Å². The number of nitrogens with zero attached hydrogens (tertiary/aromatic N) is 3. The second-order valence-electron chi connectivity index (χ2n) is 11.3. The standard InChI is InChI=1S/C28H26F6N4O4S/c1-25(2,3)26(4,36-23(40)41)14-37-22(39)21(43-24(37)42)10-15-5-8-20-17(9-15)12-35-38(20)13-16-6-7-18(27(29,30)31)11-19(16)28(32,33)34/h5-12,36H,13-14H2,1-4H3,(H,40,41)/t26-/m1/s1. The Kier molecular flexibility index (Phi) is 8.11. The van der Waals surface area contributed by atoms with Crippen molar-refractivity contribution in [1.29, 1.82) is 0 Å². The number of carboxylic acid groups (broad SMARTS) is 1. The van der Waals surface area contributed by atoms with Gasteiger partial charge in [-0.3, -0.25) is 19.2 Å². The summed E-state index contributed by atoms with van der Waals surface area (Å²) in [6, 6.07) is 6.12. The maximum absolute atomic E-state index is 13.6. The molecule has 2 aromatic carbocycles. The molecule has 230 valence electrons. The maximum atomic E-state index is 13.6. The zero-order chi connectivity index (χ0) is 32.1. The van der Waals surface area contributed by atoms with Crippen LogP contribution in [0.1, 0.15) is 49.9 Å². The van der Waals surface area contributed by atoms with Crippen molar-refractivity contribution in [3.05, 3.63) is 69.8 Å². The molecule has 0 spiro atoms. The van der Waals surface area contributed by atoms with Gasteiger partial charge in [0.2, 0.25) is 0 Å². The van der Waals surface area contributed by atoms with Gasteiger partial charge in [0.15, 0.2) is 0 Å². The van der Waals surface area contributed by atoms with Gasteiger partial charge < -0.3 is 10.4 Å². The third-order valence-electron chi connectivity index (χ3n) is 7.41. The van der Waals surface area contributed by atoms with Crippen molar-refractivity contribution in [2.24, 2.45) is 5.41 Å². The fourth-order valence-electron chi connectivity index (χ4n) is 4.44. The monoisotopic (exact) mass is 628 g/mol. The molecule has 1 saturated heterocycles. The lowest BCUT2D eigenvalue weighted by molar-refractivity contribution is -0.143. The average Bonchev–Trinajstić information content (AvgIpc) is 3.37. The minimum Gasteiger partial charge on any atom is -0.465 e. The molecule has 1 atom stereocenters.